The van der Waals surface area contributed by atoms with Gasteiger partial charge in [0.05, 0.1) is 10.7 Å². The maximum absolute atomic E-state index is 6.08. The molecule has 0 aliphatic heterocycles. The first kappa shape index (κ1) is 13.3. The van der Waals surface area contributed by atoms with Crippen LogP contribution in [0, 0.1) is 0 Å². The standard InChI is InChI=1S/C12H20ClN3/c1-4-8-16(5-2)12-7-6-10(13)11(15-12)9-14-3/h6-7,14H,4-5,8-9H2,1-3H3. The Hall–Kier alpha value is -0.800. The Balaban J connectivity index is 2.91. The Kier molecular flexibility index (Phi) is 5.56. The zero-order valence-corrected chi connectivity index (χ0v) is 11.0. The topological polar surface area (TPSA) is 28.2 Å². The van der Waals surface area contributed by atoms with E-state index in [0.29, 0.717) is 6.54 Å². The normalized spacial score (nSPS) is 10.5. The van der Waals surface area contributed by atoms with Crippen molar-refractivity contribution in [1.29, 1.82) is 0 Å². The van der Waals surface area contributed by atoms with E-state index in [9.17, 15) is 0 Å². The van der Waals surface area contributed by atoms with E-state index in [1.54, 1.807) is 0 Å². The summed E-state index contributed by atoms with van der Waals surface area (Å²) in [5.74, 6) is 1.01. The van der Waals surface area contributed by atoms with E-state index < -0.39 is 0 Å². The maximum atomic E-state index is 6.08. The highest BCUT2D eigenvalue weighted by molar-refractivity contribution is 6.31. The van der Waals surface area contributed by atoms with Crippen LogP contribution in [-0.4, -0.2) is 25.1 Å². The van der Waals surface area contributed by atoms with Crippen LogP contribution in [0.25, 0.3) is 0 Å². The number of rotatable bonds is 6. The van der Waals surface area contributed by atoms with E-state index >= 15 is 0 Å². The summed E-state index contributed by atoms with van der Waals surface area (Å²) in [4.78, 5) is 6.84. The molecule has 0 saturated carbocycles. The highest BCUT2D eigenvalue weighted by Gasteiger charge is 2.08. The van der Waals surface area contributed by atoms with Crippen molar-refractivity contribution in [3.63, 3.8) is 0 Å². The molecule has 16 heavy (non-hydrogen) atoms. The lowest BCUT2D eigenvalue weighted by Crippen LogP contribution is -2.25. The number of aromatic nitrogens is 1. The fraction of sp³-hybridized carbons (Fsp3) is 0.583. The van der Waals surface area contributed by atoms with Crippen molar-refractivity contribution in [2.45, 2.75) is 26.8 Å². The number of halogens is 1. The summed E-state index contributed by atoms with van der Waals surface area (Å²) < 4.78 is 0. The molecular weight excluding hydrogens is 222 g/mol. The lowest BCUT2D eigenvalue weighted by atomic mass is 10.3. The van der Waals surface area contributed by atoms with Crippen LogP contribution >= 0.6 is 11.6 Å². The Morgan fingerprint density at radius 1 is 1.38 bits per heavy atom. The molecule has 0 fully saturated rings. The minimum Gasteiger partial charge on any atom is -0.357 e. The van der Waals surface area contributed by atoms with Gasteiger partial charge in [0.15, 0.2) is 0 Å². The van der Waals surface area contributed by atoms with Gasteiger partial charge in [-0.15, -0.1) is 0 Å². The van der Waals surface area contributed by atoms with E-state index in [1.165, 1.54) is 0 Å². The molecule has 0 bridgehead atoms. The average Bonchev–Trinajstić information content (AvgIpc) is 2.29. The van der Waals surface area contributed by atoms with Gasteiger partial charge < -0.3 is 10.2 Å². The molecule has 90 valence electrons. The third-order valence-corrected chi connectivity index (χ3v) is 2.79. The average molecular weight is 242 g/mol. The third kappa shape index (κ3) is 3.35. The first-order valence-corrected chi connectivity index (χ1v) is 6.15. The fourth-order valence-corrected chi connectivity index (χ4v) is 1.82. The van der Waals surface area contributed by atoms with E-state index in [2.05, 4.69) is 29.0 Å². The minimum absolute atomic E-state index is 0.705. The van der Waals surface area contributed by atoms with Crippen LogP contribution in [0.15, 0.2) is 12.1 Å². The van der Waals surface area contributed by atoms with Gasteiger partial charge in [-0.3, -0.25) is 0 Å². The molecule has 4 heteroatoms. The predicted molar refractivity (Wildman–Crippen MR) is 70.2 cm³/mol. The first-order valence-electron chi connectivity index (χ1n) is 5.77. The van der Waals surface area contributed by atoms with Crippen molar-refractivity contribution in [1.82, 2.24) is 10.3 Å². The molecule has 1 aromatic rings. The molecule has 0 radical (unpaired) electrons. The number of pyridine rings is 1. The monoisotopic (exact) mass is 241 g/mol. The third-order valence-electron chi connectivity index (χ3n) is 2.45. The summed E-state index contributed by atoms with van der Waals surface area (Å²) in [5, 5.41) is 3.80. The van der Waals surface area contributed by atoms with Gasteiger partial charge in [-0.25, -0.2) is 4.98 Å². The number of hydrogen-bond donors (Lipinski definition) is 1. The van der Waals surface area contributed by atoms with Gasteiger partial charge in [-0.2, -0.15) is 0 Å². The van der Waals surface area contributed by atoms with Gasteiger partial charge in [0.2, 0.25) is 0 Å². The minimum atomic E-state index is 0.705. The van der Waals surface area contributed by atoms with E-state index in [1.807, 2.05) is 19.2 Å². The molecule has 3 nitrogen and oxygen atoms in total. The highest BCUT2D eigenvalue weighted by Crippen LogP contribution is 2.19. The number of nitrogens with zero attached hydrogens (tertiary/aromatic N) is 2. The smallest absolute Gasteiger partial charge is 0.128 e. The molecule has 0 aliphatic rings. The molecule has 0 spiro atoms. The molecular formula is C12H20ClN3. The fourth-order valence-electron chi connectivity index (χ4n) is 1.64. The lowest BCUT2D eigenvalue weighted by Gasteiger charge is -2.22. The van der Waals surface area contributed by atoms with Gasteiger partial charge in [-0.1, -0.05) is 18.5 Å². The van der Waals surface area contributed by atoms with Crippen molar-refractivity contribution in [3.05, 3.63) is 22.8 Å². The zero-order valence-electron chi connectivity index (χ0n) is 10.3. The molecule has 1 heterocycles. The SMILES string of the molecule is CCCN(CC)c1ccc(Cl)c(CNC)n1. The highest BCUT2D eigenvalue weighted by atomic mass is 35.5. The molecule has 0 saturated heterocycles. The van der Waals surface area contributed by atoms with Gasteiger partial charge in [0.25, 0.3) is 0 Å². The van der Waals surface area contributed by atoms with Crippen molar-refractivity contribution < 1.29 is 0 Å². The van der Waals surface area contributed by atoms with Crippen molar-refractivity contribution >= 4 is 17.4 Å². The Morgan fingerprint density at radius 2 is 2.12 bits per heavy atom. The van der Waals surface area contributed by atoms with Crippen LogP contribution in [0.3, 0.4) is 0 Å². The molecule has 0 amide bonds. The number of anilines is 1. The van der Waals surface area contributed by atoms with Crippen molar-refractivity contribution in [3.8, 4) is 0 Å². The van der Waals surface area contributed by atoms with Crippen molar-refractivity contribution in [2.24, 2.45) is 0 Å². The van der Waals surface area contributed by atoms with Gasteiger partial charge in [0.1, 0.15) is 5.82 Å². The Morgan fingerprint density at radius 3 is 2.69 bits per heavy atom. The second kappa shape index (κ2) is 6.71. The molecule has 0 aromatic carbocycles. The number of nitrogens with one attached hydrogen (secondary N) is 1. The number of hydrogen-bond acceptors (Lipinski definition) is 3. The maximum Gasteiger partial charge on any atom is 0.128 e. The largest absolute Gasteiger partial charge is 0.357 e. The van der Waals surface area contributed by atoms with Crippen LogP contribution in [0.5, 0.6) is 0 Å². The van der Waals surface area contributed by atoms with E-state index in [0.717, 1.165) is 36.0 Å². The summed E-state index contributed by atoms with van der Waals surface area (Å²) in [6.07, 6.45) is 1.12. The van der Waals surface area contributed by atoms with Crippen molar-refractivity contribution in [2.75, 3.05) is 25.0 Å². The van der Waals surface area contributed by atoms with Gasteiger partial charge >= 0.3 is 0 Å². The predicted octanol–water partition coefficient (Wildman–Crippen LogP) is 2.69. The molecule has 0 unspecified atom stereocenters. The van der Waals surface area contributed by atoms with Gasteiger partial charge in [-0.05, 0) is 32.5 Å². The summed E-state index contributed by atoms with van der Waals surface area (Å²) >= 11 is 6.08. The van der Waals surface area contributed by atoms with Crippen LogP contribution in [-0.2, 0) is 6.54 Å². The lowest BCUT2D eigenvalue weighted by molar-refractivity contribution is 0.756. The summed E-state index contributed by atoms with van der Waals surface area (Å²) in [5.41, 5.74) is 0.913. The Bertz CT molecular complexity index is 328. The Labute approximate surface area is 103 Å². The van der Waals surface area contributed by atoms with E-state index in [4.69, 9.17) is 11.6 Å². The molecule has 0 aliphatic carbocycles. The molecule has 0 atom stereocenters. The van der Waals surface area contributed by atoms with Crippen LogP contribution < -0.4 is 10.2 Å². The second-order valence-electron chi connectivity index (χ2n) is 3.71. The van der Waals surface area contributed by atoms with Gasteiger partial charge in [0, 0.05) is 19.6 Å². The molecule has 1 rings (SSSR count). The van der Waals surface area contributed by atoms with E-state index in [-0.39, 0.29) is 0 Å². The summed E-state index contributed by atoms with van der Waals surface area (Å²) in [6, 6.07) is 3.91. The second-order valence-corrected chi connectivity index (χ2v) is 4.12. The molecule has 1 N–H and O–H groups in total. The summed E-state index contributed by atoms with van der Waals surface area (Å²) in [7, 11) is 1.90. The van der Waals surface area contributed by atoms with Crippen LogP contribution in [0.4, 0.5) is 5.82 Å². The first-order chi connectivity index (χ1) is 7.72. The quantitative estimate of drug-likeness (QED) is 0.830. The summed E-state index contributed by atoms with van der Waals surface area (Å²) in [6.45, 7) is 7.03. The van der Waals surface area contributed by atoms with Crippen LogP contribution in [0.1, 0.15) is 26.0 Å². The molecule has 1 aromatic heterocycles. The van der Waals surface area contributed by atoms with Crippen LogP contribution in [0.2, 0.25) is 5.02 Å². The zero-order chi connectivity index (χ0) is 12.0.